The Balaban J connectivity index is 2.02. The molecule has 0 spiro atoms. The average molecular weight is 290 g/mol. The maximum Gasteiger partial charge on any atom is 0.335 e. The molecule has 0 bridgehead atoms. The highest BCUT2D eigenvalue weighted by molar-refractivity contribution is 6.03. The Morgan fingerprint density at radius 1 is 1.38 bits per heavy atom. The lowest BCUT2D eigenvalue weighted by atomic mass is 10.1. The minimum Gasteiger partial charge on any atom is -0.478 e. The van der Waals surface area contributed by atoms with Crippen LogP contribution in [0.4, 0.5) is 5.69 Å². The maximum absolute atomic E-state index is 11.8. The Morgan fingerprint density at radius 2 is 2.10 bits per heavy atom. The van der Waals surface area contributed by atoms with E-state index in [-0.39, 0.29) is 17.5 Å². The summed E-state index contributed by atoms with van der Waals surface area (Å²) in [7, 11) is 0. The number of nitrogens with zero attached hydrogens (tertiary/aromatic N) is 1. The second kappa shape index (κ2) is 6.88. The van der Waals surface area contributed by atoms with E-state index in [4.69, 9.17) is 9.84 Å². The quantitative estimate of drug-likeness (QED) is 0.642. The predicted molar refractivity (Wildman–Crippen MR) is 78.4 cm³/mol. The lowest BCUT2D eigenvalue weighted by molar-refractivity contribution is -0.145. The SMILES string of the molecule is CCOC(=O)[C@H]1CCC/C1=N/Nc1ccc(C(=O)O)cc1. The molecule has 6 heteroatoms. The lowest BCUT2D eigenvalue weighted by Crippen LogP contribution is -2.22. The highest BCUT2D eigenvalue weighted by atomic mass is 16.5. The minimum atomic E-state index is -0.967. The number of hydrogen-bond acceptors (Lipinski definition) is 5. The number of ether oxygens (including phenoxy) is 1. The molecule has 21 heavy (non-hydrogen) atoms. The van der Waals surface area contributed by atoms with Gasteiger partial charge in [-0.2, -0.15) is 5.10 Å². The highest BCUT2D eigenvalue weighted by Crippen LogP contribution is 2.24. The van der Waals surface area contributed by atoms with Gasteiger partial charge in [-0.3, -0.25) is 10.2 Å². The number of anilines is 1. The summed E-state index contributed by atoms with van der Waals surface area (Å²) in [6.07, 6.45) is 2.45. The molecule has 6 nitrogen and oxygen atoms in total. The van der Waals surface area contributed by atoms with Gasteiger partial charge in [0, 0.05) is 0 Å². The van der Waals surface area contributed by atoms with Crippen molar-refractivity contribution in [2.24, 2.45) is 11.0 Å². The molecule has 112 valence electrons. The zero-order valence-corrected chi connectivity index (χ0v) is 11.8. The Morgan fingerprint density at radius 3 is 2.71 bits per heavy atom. The van der Waals surface area contributed by atoms with Crippen molar-refractivity contribution < 1.29 is 19.4 Å². The summed E-state index contributed by atoms with van der Waals surface area (Å²) < 4.78 is 5.04. The molecule has 1 fully saturated rings. The molecule has 0 aliphatic heterocycles. The number of esters is 1. The van der Waals surface area contributed by atoms with Gasteiger partial charge >= 0.3 is 11.9 Å². The van der Waals surface area contributed by atoms with E-state index in [1.807, 2.05) is 0 Å². The molecule has 1 aromatic rings. The van der Waals surface area contributed by atoms with E-state index in [1.54, 1.807) is 19.1 Å². The summed E-state index contributed by atoms with van der Waals surface area (Å²) in [6.45, 7) is 2.15. The molecule has 2 N–H and O–H groups in total. The first-order valence-corrected chi connectivity index (χ1v) is 6.94. The van der Waals surface area contributed by atoms with E-state index >= 15 is 0 Å². The molecule has 1 aliphatic carbocycles. The summed E-state index contributed by atoms with van der Waals surface area (Å²) in [4.78, 5) is 22.5. The van der Waals surface area contributed by atoms with Crippen LogP contribution in [0.15, 0.2) is 29.4 Å². The Hall–Kier alpha value is -2.37. The Labute approximate surface area is 122 Å². The molecular weight excluding hydrogens is 272 g/mol. The number of aromatic carboxylic acids is 1. The van der Waals surface area contributed by atoms with Crippen LogP contribution in [0.5, 0.6) is 0 Å². The summed E-state index contributed by atoms with van der Waals surface area (Å²) in [5.74, 6) is -1.46. The van der Waals surface area contributed by atoms with Crippen LogP contribution in [0.1, 0.15) is 36.5 Å². The molecule has 1 atom stereocenters. The normalized spacial score (nSPS) is 19.5. The number of nitrogens with one attached hydrogen (secondary N) is 1. The molecule has 0 amide bonds. The Bertz CT molecular complexity index is 551. The van der Waals surface area contributed by atoms with Crippen molar-refractivity contribution in [3.05, 3.63) is 29.8 Å². The van der Waals surface area contributed by atoms with Crippen LogP contribution in [0.2, 0.25) is 0 Å². The number of carbonyl (C=O) groups excluding carboxylic acids is 1. The summed E-state index contributed by atoms with van der Waals surface area (Å²) in [5.41, 5.74) is 4.56. The van der Waals surface area contributed by atoms with E-state index < -0.39 is 5.97 Å². The fourth-order valence-electron chi connectivity index (χ4n) is 2.28. The van der Waals surface area contributed by atoms with Crippen LogP contribution >= 0.6 is 0 Å². The summed E-state index contributed by atoms with van der Waals surface area (Å²) >= 11 is 0. The third-order valence-corrected chi connectivity index (χ3v) is 3.36. The van der Waals surface area contributed by atoms with E-state index in [0.29, 0.717) is 12.3 Å². The van der Waals surface area contributed by atoms with Gasteiger partial charge in [0.25, 0.3) is 0 Å². The van der Waals surface area contributed by atoms with Gasteiger partial charge in [-0.15, -0.1) is 0 Å². The zero-order valence-electron chi connectivity index (χ0n) is 11.8. The van der Waals surface area contributed by atoms with Gasteiger partial charge in [0.2, 0.25) is 0 Å². The van der Waals surface area contributed by atoms with Crippen molar-refractivity contribution in [2.45, 2.75) is 26.2 Å². The molecule has 0 saturated heterocycles. The minimum absolute atomic E-state index is 0.221. The molecule has 1 aliphatic rings. The molecule has 0 radical (unpaired) electrons. The maximum atomic E-state index is 11.8. The third kappa shape index (κ3) is 3.81. The van der Waals surface area contributed by atoms with Crippen molar-refractivity contribution in [3.8, 4) is 0 Å². The molecule has 0 heterocycles. The van der Waals surface area contributed by atoms with E-state index in [2.05, 4.69) is 10.5 Å². The monoisotopic (exact) mass is 290 g/mol. The van der Waals surface area contributed by atoms with E-state index in [1.165, 1.54) is 12.1 Å². The van der Waals surface area contributed by atoms with Crippen molar-refractivity contribution in [2.75, 3.05) is 12.0 Å². The van der Waals surface area contributed by atoms with Crippen LogP contribution < -0.4 is 5.43 Å². The van der Waals surface area contributed by atoms with Crippen molar-refractivity contribution in [3.63, 3.8) is 0 Å². The van der Waals surface area contributed by atoms with Gasteiger partial charge in [0.1, 0.15) is 0 Å². The van der Waals surface area contributed by atoms with Crippen LogP contribution in [0.3, 0.4) is 0 Å². The van der Waals surface area contributed by atoms with Gasteiger partial charge in [-0.05, 0) is 50.5 Å². The van der Waals surface area contributed by atoms with Crippen molar-refractivity contribution >= 4 is 23.3 Å². The topological polar surface area (TPSA) is 88.0 Å². The predicted octanol–water partition coefficient (Wildman–Crippen LogP) is 2.52. The van der Waals surface area contributed by atoms with E-state index in [0.717, 1.165) is 25.0 Å². The molecule has 2 rings (SSSR count). The number of hydrogen-bond donors (Lipinski definition) is 2. The molecule has 0 aromatic heterocycles. The number of hydrazone groups is 1. The number of carbonyl (C=O) groups is 2. The van der Waals surface area contributed by atoms with Gasteiger partial charge in [-0.1, -0.05) is 0 Å². The smallest absolute Gasteiger partial charge is 0.335 e. The summed E-state index contributed by atoms with van der Waals surface area (Å²) in [5, 5.41) is 13.1. The first kappa shape index (κ1) is 15.0. The second-order valence-electron chi connectivity index (χ2n) is 4.79. The molecular formula is C15H18N2O4. The van der Waals surface area contributed by atoms with Gasteiger partial charge in [0.15, 0.2) is 0 Å². The lowest BCUT2D eigenvalue weighted by Gasteiger charge is -2.10. The zero-order chi connectivity index (χ0) is 15.2. The molecule has 1 aromatic carbocycles. The summed E-state index contributed by atoms with van der Waals surface area (Å²) in [6, 6.07) is 6.29. The van der Waals surface area contributed by atoms with Crippen molar-refractivity contribution in [1.29, 1.82) is 0 Å². The number of benzene rings is 1. The second-order valence-corrected chi connectivity index (χ2v) is 4.79. The third-order valence-electron chi connectivity index (χ3n) is 3.36. The van der Waals surface area contributed by atoms with Gasteiger partial charge in [-0.25, -0.2) is 4.79 Å². The average Bonchev–Trinajstić information content (AvgIpc) is 2.94. The van der Waals surface area contributed by atoms with E-state index in [9.17, 15) is 9.59 Å². The van der Waals surface area contributed by atoms with Crippen LogP contribution in [-0.4, -0.2) is 29.4 Å². The fraction of sp³-hybridized carbons (Fsp3) is 0.400. The van der Waals surface area contributed by atoms with Crippen LogP contribution in [0, 0.1) is 5.92 Å². The molecule has 1 saturated carbocycles. The van der Waals surface area contributed by atoms with Crippen LogP contribution in [0.25, 0.3) is 0 Å². The molecule has 0 unspecified atom stereocenters. The first-order valence-electron chi connectivity index (χ1n) is 6.94. The standard InChI is InChI=1S/C15H18N2O4/c1-2-21-15(20)12-4-3-5-13(12)17-16-11-8-6-10(7-9-11)14(18)19/h6-9,12,16H,2-5H2,1H3,(H,18,19)/b17-13-/t12-/m0/s1. The largest absolute Gasteiger partial charge is 0.478 e. The highest BCUT2D eigenvalue weighted by Gasteiger charge is 2.30. The van der Waals surface area contributed by atoms with Gasteiger partial charge in [0.05, 0.1) is 29.5 Å². The van der Waals surface area contributed by atoms with Gasteiger partial charge < -0.3 is 9.84 Å². The number of rotatable bonds is 5. The first-order chi connectivity index (χ1) is 10.1. The van der Waals surface area contributed by atoms with Crippen LogP contribution in [-0.2, 0) is 9.53 Å². The Kier molecular flexibility index (Phi) is 4.92. The van der Waals surface area contributed by atoms with Crippen molar-refractivity contribution in [1.82, 2.24) is 0 Å². The number of carboxylic acids is 1. The number of carboxylic acid groups (broad SMARTS) is 1. The fourth-order valence-corrected chi connectivity index (χ4v) is 2.28.